The van der Waals surface area contributed by atoms with Crippen molar-refractivity contribution in [3.63, 3.8) is 0 Å². The second-order valence-corrected chi connectivity index (χ2v) is 8.86. The molecule has 0 saturated carbocycles. The van der Waals surface area contributed by atoms with Crippen LogP contribution in [0.25, 0.3) is 0 Å². The number of halogens is 1. The van der Waals surface area contributed by atoms with Gasteiger partial charge in [0.2, 0.25) is 5.91 Å². The first-order chi connectivity index (χ1) is 16.5. The molecular weight excluding hydrogens is 490 g/mol. The molecule has 0 unspecified atom stereocenters. The van der Waals surface area contributed by atoms with E-state index in [1.165, 1.54) is 0 Å². The van der Waals surface area contributed by atoms with Crippen LogP contribution in [-0.2, 0) is 21.4 Å². The molecule has 0 aliphatic rings. The molecule has 34 heavy (non-hydrogen) atoms. The van der Waals surface area contributed by atoms with E-state index in [1.807, 2.05) is 115 Å². The topological polar surface area (TPSA) is 66.4 Å². The van der Waals surface area contributed by atoms with Crippen molar-refractivity contribution in [3.8, 4) is 0 Å². The first-order valence-corrected chi connectivity index (χ1v) is 11.8. The number of benzene rings is 4. The molecule has 4 nitrogen and oxygen atoms in total. The molecule has 0 aliphatic heterocycles. The first-order valence-electron chi connectivity index (χ1n) is 11.0. The molecule has 0 saturated heterocycles. The Kier molecular flexibility index (Phi) is 7.24. The van der Waals surface area contributed by atoms with Gasteiger partial charge >= 0.3 is 5.97 Å². The average molecular weight is 514 g/mol. The van der Waals surface area contributed by atoms with Crippen LogP contribution in [0.1, 0.15) is 22.3 Å². The van der Waals surface area contributed by atoms with E-state index < -0.39 is 23.3 Å². The highest BCUT2D eigenvalue weighted by Crippen LogP contribution is 2.39. The van der Waals surface area contributed by atoms with E-state index in [-0.39, 0.29) is 6.42 Å². The quantitative estimate of drug-likeness (QED) is 0.301. The summed E-state index contributed by atoms with van der Waals surface area (Å²) in [6.45, 7) is 0. The fourth-order valence-corrected chi connectivity index (χ4v) is 4.75. The van der Waals surface area contributed by atoms with Crippen molar-refractivity contribution in [1.29, 1.82) is 0 Å². The molecule has 5 heteroatoms. The molecule has 4 rings (SSSR count). The van der Waals surface area contributed by atoms with Crippen molar-refractivity contribution in [2.75, 3.05) is 0 Å². The van der Waals surface area contributed by atoms with Gasteiger partial charge in [0.25, 0.3) is 0 Å². The number of rotatable bonds is 8. The van der Waals surface area contributed by atoms with E-state index >= 15 is 0 Å². The third kappa shape index (κ3) is 4.66. The van der Waals surface area contributed by atoms with Crippen molar-refractivity contribution in [1.82, 2.24) is 5.32 Å². The number of amides is 1. The Bertz CT molecular complexity index is 1160. The molecule has 0 spiro atoms. The number of carboxylic acids is 1. The van der Waals surface area contributed by atoms with Crippen molar-refractivity contribution in [2.24, 2.45) is 0 Å². The maximum Gasteiger partial charge on any atom is 0.326 e. The lowest BCUT2D eigenvalue weighted by molar-refractivity contribution is -0.142. The van der Waals surface area contributed by atoms with Gasteiger partial charge in [0.1, 0.15) is 11.5 Å². The minimum atomic E-state index is -1.23. The molecule has 170 valence electrons. The van der Waals surface area contributed by atoms with Gasteiger partial charge in [-0.15, -0.1) is 0 Å². The number of nitrogens with one attached hydrogen (secondary N) is 1. The Hall–Kier alpha value is -3.70. The van der Waals surface area contributed by atoms with E-state index in [4.69, 9.17) is 0 Å². The third-order valence-electron chi connectivity index (χ3n) is 5.95. The van der Waals surface area contributed by atoms with Crippen molar-refractivity contribution in [2.45, 2.75) is 17.9 Å². The molecule has 1 atom stereocenters. The number of carbonyl (C=O) groups excluding carboxylic acids is 1. The summed E-state index contributed by atoms with van der Waals surface area (Å²) in [6, 6.07) is 34.8. The summed E-state index contributed by atoms with van der Waals surface area (Å²) >= 11 is 3.48. The van der Waals surface area contributed by atoms with Gasteiger partial charge in [-0.05, 0) is 28.3 Å². The molecule has 0 bridgehead atoms. The second kappa shape index (κ2) is 10.5. The summed E-state index contributed by atoms with van der Waals surface area (Å²) in [4.78, 5) is 26.5. The summed E-state index contributed by atoms with van der Waals surface area (Å²) in [7, 11) is 0. The second-order valence-electron chi connectivity index (χ2n) is 8.01. The van der Waals surface area contributed by atoms with Crippen LogP contribution in [0.2, 0.25) is 0 Å². The maximum atomic E-state index is 14.3. The van der Waals surface area contributed by atoms with Gasteiger partial charge in [-0.1, -0.05) is 125 Å². The molecule has 4 aromatic carbocycles. The lowest BCUT2D eigenvalue weighted by atomic mass is 9.68. The zero-order valence-corrected chi connectivity index (χ0v) is 20.0. The largest absolute Gasteiger partial charge is 0.480 e. The zero-order chi connectivity index (χ0) is 24.0. The SMILES string of the molecule is O=C(O)[C@@H](Cc1ccccc1Br)NC(=O)C(c1ccccc1)(c1ccccc1)c1ccccc1. The lowest BCUT2D eigenvalue weighted by Crippen LogP contribution is -2.52. The van der Waals surface area contributed by atoms with Crippen LogP contribution >= 0.6 is 15.9 Å². The predicted molar refractivity (Wildman–Crippen MR) is 137 cm³/mol. The van der Waals surface area contributed by atoms with Gasteiger partial charge in [-0.25, -0.2) is 4.79 Å². The number of aliphatic carboxylic acids is 1. The molecule has 4 aromatic rings. The molecule has 0 aliphatic carbocycles. The Balaban J connectivity index is 1.85. The van der Waals surface area contributed by atoms with Crippen LogP contribution < -0.4 is 5.32 Å². The van der Waals surface area contributed by atoms with E-state index in [0.29, 0.717) is 0 Å². The molecular formula is C29H24BrNO3. The molecule has 0 fully saturated rings. The molecule has 0 aromatic heterocycles. The molecule has 0 radical (unpaired) electrons. The first kappa shape index (κ1) is 23.5. The minimum Gasteiger partial charge on any atom is -0.480 e. The van der Waals surface area contributed by atoms with Crippen LogP contribution in [0.5, 0.6) is 0 Å². The predicted octanol–water partition coefficient (Wildman–Crippen LogP) is 5.60. The van der Waals surface area contributed by atoms with Crippen LogP contribution in [0, 0.1) is 0 Å². The molecule has 0 heterocycles. The maximum absolute atomic E-state index is 14.3. The normalized spacial score (nSPS) is 12.0. The Morgan fingerprint density at radius 1 is 0.706 bits per heavy atom. The Morgan fingerprint density at radius 3 is 1.53 bits per heavy atom. The fourth-order valence-electron chi connectivity index (χ4n) is 4.31. The van der Waals surface area contributed by atoms with E-state index in [0.717, 1.165) is 26.7 Å². The van der Waals surface area contributed by atoms with E-state index in [1.54, 1.807) is 0 Å². The van der Waals surface area contributed by atoms with Crippen LogP contribution in [-0.4, -0.2) is 23.0 Å². The standard InChI is InChI=1S/C29H24BrNO3/c30-25-19-11-10-12-21(25)20-26(27(32)33)31-28(34)29(22-13-4-1-5-14-22,23-15-6-2-7-16-23)24-17-8-3-9-18-24/h1-19,26H,20H2,(H,31,34)(H,32,33)/t26-/m1/s1. The summed E-state index contributed by atoms with van der Waals surface area (Å²) in [5.74, 6) is -1.48. The number of carboxylic acid groups (broad SMARTS) is 1. The van der Waals surface area contributed by atoms with Crippen LogP contribution in [0.4, 0.5) is 0 Å². The summed E-state index contributed by atoms with van der Waals surface area (Å²) in [5, 5.41) is 12.9. The average Bonchev–Trinajstić information content (AvgIpc) is 2.87. The van der Waals surface area contributed by atoms with Gasteiger partial charge in [-0.3, -0.25) is 4.79 Å². The van der Waals surface area contributed by atoms with Gasteiger partial charge in [0.15, 0.2) is 0 Å². The van der Waals surface area contributed by atoms with Crippen molar-refractivity contribution >= 4 is 27.8 Å². The summed E-state index contributed by atoms with van der Waals surface area (Å²) < 4.78 is 0.802. The van der Waals surface area contributed by atoms with Gasteiger partial charge in [0, 0.05) is 10.9 Å². The van der Waals surface area contributed by atoms with Gasteiger partial charge < -0.3 is 10.4 Å². The summed E-state index contributed by atoms with van der Waals surface area (Å²) in [5.41, 5.74) is 1.85. The highest BCUT2D eigenvalue weighted by atomic mass is 79.9. The van der Waals surface area contributed by atoms with Crippen molar-refractivity contribution in [3.05, 3.63) is 142 Å². The molecule has 1 amide bonds. The Morgan fingerprint density at radius 2 is 1.12 bits per heavy atom. The minimum absolute atomic E-state index is 0.150. The zero-order valence-electron chi connectivity index (χ0n) is 18.4. The third-order valence-corrected chi connectivity index (χ3v) is 6.72. The van der Waals surface area contributed by atoms with E-state index in [2.05, 4.69) is 21.2 Å². The number of carbonyl (C=O) groups is 2. The van der Waals surface area contributed by atoms with Crippen molar-refractivity contribution < 1.29 is 14.7 Å². The number of hydrogen-bond acceptors (Lipinski definition) is 2. The van der Waals surface area contributed by atoms with Gasteiger partial charge in [-0.2, -0.15) is 0 Å². The fraction of sp³-hybridized carbons (Fsp3) is 0.103. The monoisotopic (exact) mass is 513 g/mol. The Labute approximate surface area is 207 Å². The molecule has 2 N–H and O–H groups in total. The van der Waals surface area contributed by atoms with Gasteiger partial charge in [0.05, 0.1) is 0 Å². The highest BCUT2D eigenvalue weighted by molar-refractivity contribution is 9.10. The van der Waals surface area contributed by atoms with E-state index in [9.17, 15) is 14.7 Å². The number of hydrogen-bond donors (Lipinski definition) is 2. The van der Waals surface area contributed by atoms with Crippen LogP contribution in [0.15, 0.2) is 120 Å². The summed E-state index contributed by atoms with van der Waals surface area (Å²) in [6.07, 6.45) is 0.150. The highest BCUT2D eigenvalue weighted by Gasteiger charge is 2.45. The van der Waals surface area contributed by atoms with Crippen LogP contribution in [0.3, 0.4) is 0 Å². The smallest absolute Gasteiger partial charge is 0.326 e. The lowest BCUT2D eigenvalue weighted by Gasteiger charge is -2.35.